The van der Waals surface area contributed by atoms with Crippen LogP contribution in [0.4, 0.5) is 10.2 Å². The lowest BCUT2D eigenvalue weighted by Crippen LogP contribution is -2.27. The van der Waals surface area contributed by atoms with Crippen LogP contribution in [0.2, 0.25) is 0 Å². The number of ether oxygens (including phenoxy) is 1. The van der Waals surface area contributed by atoms with Crippen molar-refractivity contribution in [2.24, 2.45) is 0 Å². The predicted octanol–water partition coefficient (Wildman–Crippen LogP) is 3.76. The molecule has 2 aromatic carbocycles. The highest BCUT2D eigenvalue weighted by molar-refractivity contribution is 5.98. The molecule has 3 heterocycles. The molecule has 5 rings (SSSR count). The fraction of sp³-hybridized carbons (Fsp3) is 0.227. The number of halogens is 1. The number of aromatic nitrogens is 4. The van der Waals surface area contributed by atoms with Crippen LogP contribution in [0, 0.1) is 5.82 Å². The van der Waals surface area contributed by atoms with Crippen molar-refractivity contribution in [1.29, 1.82) is 0 Å². The van der Waals surface area contributed by atoms with Crippen molar-refractivity contribution in [2.45, 2.75) is 25.4 Å². The minimum Gasteiger partial charge on any atom is -0.454 e. The fourth-order valence-corrected chi connectivity index (χ4v) is 3.82. The van der Waals surface area contributed by atoms with E-state index in [0.717, 1.165) is 48.2 Å². The molecule has 7 nitrogen and oxygen atoms in total. The van der Waals surface area contributed by atoms with E-state index in [0.29, 0.717) is 17.6 Å². The monoisotopic (exact) mass is 404 g/mol. The Bertz CT molecular complexity index is 1180. The summed E-state index contributed by atoms with van der Waals surface area (Å²) in [6.45, 7) is 1.75. The third-order valence-corrected chi connectivity index (χ3v) is 5.31. The summed E-state index contributed by atoms with van der Waals surface area (Å²) < 4.78 is 21.4. The van der Waals surface area contributed by atoms with Crippen LogP contribution >= 0.6 is 0 Å². The number of rotatable bonds is 5. The van der Waals surface area contributed by atoms with Crippen molar-refractivity contribution < 1.29 is 9.13 Å². The predicted molar refractivity (Wildman–Crippen MR) is 113 cm³/mol. The summed E-state index contributed by atoms with van der Waals surface area (Å²) in [5.41, 5.74) is 8.48. The van der Waals surface area contributed by atoms with E-state index in [1.807, 2.05) is 16.8 Å². The molecule has 1 aliphatic rings. The molecule has 30 heavy (non-hydrogen) atoms. The van der Waals surface area contributed by atoms with Gasteiger partial charge in [0.15, 0.2) is 17.2 Å². The second-order valence-corrected chi connectivity index (χ2v) is 7.34. The zero-order valence-corrected chi connectivity index (χ0v) is 16.3. The number of nitrogens with zero attached hydrogens (tertiary/aromatic N) is 4. The van der Waals surface area contributed by atoms with E-state index in [-0.39, 0.29) is 5.75 Å². The Kier molecular flexibility index (Phi) is 4.76. The minimum absolute atomic E-state index is 0.182. The molecule has 1 fully saturated rings. The first-order valence-corrected chi connectivity index (χ1v) is 9.92. The molecule has 1 aliphatic heterocycles. The maximum Gasteiger partial charge on any atom is 0.165 e. The van der Waals surface area contributed by atoms with E-state index in [9.17, 15) is 4.39 Å². The number of nitrogens with one attached hydrogen (secondary N) is 1. The van der Waals surface area contributed by atoms with Crippen molar-refractivity contribution in [3.63, 3.8) is 0 Å². The largest absolute Gasteiger partial charge is 0.454 e. The first-order valence-electron chi connectivity index (χ1n) is 9.92. The van der Waals surface area contributed by atoms with Crippen molar-refractivity contribution >= 4 is 16.9 Å². The number of benzene rings is 2. The molecule has 0 radical (unpaired) electrons. The van der Waals surface area contributed by atoms with E-state index in [4.69, 9.17) is 15.6 Å². The van der Waals surface area contributed by atoms with Crippen LogP contribution in [0.1, 0.15) is 12.8 Å². The van der Waals surface area contributed by atoms with Crippen LogP contribution in [-0.2, 0) is 6.54 Å². The molecule has 1 unspecified atom stereocenters. The summed E-state index contributed by atoms with van der Waals surface area (Å²) in [7, 11) is 0. The highest BCUT2D eigenvalue weighted by atomic mass is 19.1. The van der Waals surface area contributed by atoms with Gasteiger partial charge >= 0.3 is 0 Å². The van der Waals surface area contributed by atoms with Crippen molar-refractivity contribution in [2.75, 3.05) is 12.3 Å². The lowest BCUT2D eigenvalue weighted by molar-refractivity contribution is 0.442. The van der Waals surface area contributed by atoms with Gasteiger partial charge in [-0.25, -0.2) is 19.0 Å². The molecule has 2 aromatic heterocycles. The van der Waals surface area contributed by atoms with Gasteiger partial charge in [-0.15, -0.1) is 0 Å². The number of hydrogen-bond donors (Lipinski definition) is 2. The molecule has 8 heteroatoms. The van der Waals surface area contributed by atoms with Gasteiger partial charge in [-0.1, -0.05) is 12.1 Å². The number of anilines is 1. The van der Waals surface area contributed by atoms with Crippen LogP contribution in [-0.4, -0.2) is 32.3 Å². The summed E-state index contributed by atoms with van der Waals surface area (Å²) in [5.74, 6) is 0.706. The van der Waals surface area contributed by atoms with Crippen LogP contribution in [0.5, 0.6) is 11.5 Å². The van der Waals surface area contributed by atoms with Crippen LogP contribution in [0.25, 0.3) is 22.3 Å². The lowest BCUT2D eigenvalue weighted by Gasteiger charge is -2.10. The second kappa shape index (κ2) is 7.72. The molecular formula is C22H21FN6O. The van der Waals surface area contributed by atoms with Gasteiger partial charge < -0.3 is 15.8 Å². The van der Waals surface area contributed by atoms with Crippen LogP contribution in [0.3, 0.4) is 0 Å². The molecule has 0 amide bonds. The Morgan fingerprint density at radius 2 is 1.97 bits per heavy atom. The summed E-state index contributed by atoms with van der Waals surface area (Å²) in [6.07, 6.45) is 3.74. The molecule has 1 saturated heterocycles. The van der Waals surface area contributed by atoms with Crippen molar-refractivity contribution in [3.05, 3.63) is 60.7 Å². The van der Waals surface area contributed by atoms with Crippen LogP contribution in [0.15, 0.2) is 54.9 Å². The highest BCUT2D eigenvalue weighted by Gasteiger charge is 2.21. The zero-order chi connectivity index (χ0) is 20.5. The minimum atomic E-state index is -0.406. The van der Waals surface area contributed by atoms with E-state index in [2.05, 4.69) is 15.3 Å². The van der Waals surface area contributed by atoms with Gasteiger partial charge in [0.2, 0.25) is 0 Å². The van der Waals surface area contributed by atoms with E-state index >= 15 is 0 Å². The fourth-order valence-electron chi connectivity index (χ4n) is 3.82. The smallest absolute Gasteiger partial charge is 0.165 e. The van der Waals surface area contributed by atoms with Crippen molar-refractivity contribution in [1.82, 2.24) is 25.1 Å². The van der Waals surface area contributed by atoms with E-state index in [1.165, 1.54) is 12.4 Å². The summed E-state index contributed by atoms with van der Waals surface area (Å²) in [4.78, 5) is 8.58. The maximum atomic E-state index is 13.8. The molecule has 4 aromatic rings. The Morgan fingerprint density at radius 3 is 2.73 bits per heavy atom. The number of para-hydroxylation sites is 1. The highest BCUT2D eigenvalue weighted by Crippen LogP contribution is 2.32. The molecule has 1 atom stereocenters. The van der Waals surface area contributed by atoms with Gasteiger partial charge in [0.05, 0.1) is 11.9 Å². The van der Waals surface area contributed by atoms with Crippen LogP contribution < -0.4 is 15.8 Å². The molecule has 0 saturated carbocycles. The third-order valence-electron chi connectivity index (χ3n) is 5.31. The van der Waals surface area contributed by atoms with E-state index < -0.39 is 5.82 Å². The van der Waals surface area contributed by atoms with Gasteiger partial charge in [-0.3, -0.25) is 0 Å². The molecule has 0 bridgehead atoms. The first kappa shape index (κ1) is 18.5. The summed E-state index contributed by atoms with van der Waals surface area (Å²) in [5, 5.41) is 9.03. The standard InChI is InChI=1S/C22H21FN6O/c23-17-5-1-2-6-18(17)30-16-9-7-14(8-10-16)20-19-21(24)26-13-27-22(19)29(28-20)12-15-4-3-11-25-15/h1-2,5-10,13,15,25H,3-4,11-12H2,(H2,24,26,27). The van der Waals surface area contributed by atoms with Gasteiger partial charge in [0.25, 0.3) is 0 Å². The third kappa shape index (κ3) is 3.46. The lowest BCUT2D eigenvalue weighted by atomic mass is 10.1. The van der Waals surface area contributed by atoms with Gasteiger partial charge in [0.1, 0.15) is 23.6 Å². The van der Waals surface area contributed by atoms with Crippen molar-refractivity contribution in [3.8, 4) is 22.8 Å². The number of nitrogens with two attached hydrogens (primary N) is 1. The Balaban J connectivity index is 1.49. The molecular weight excluding hydrogens is 383 g/mol. The first-order chi connectivity index (χ1) is 14.7. The van der Waals surface area contributed by atoms with Gasteiger partial charge in [-0.2, -0.15) is 5.10 Å². The molecule has 152 valence electrons. The average molecular weight is 404 g/mol. The van der Waals surface area contributed by atoms with Gasteiger partial charge in [0, 0.05) is 11.6 Å². The Hall–Kier alpha value is -3.52. The number of nitrogen functional groups attached to an aromatic ring is 1. The SMILES string of the molecule is Nc1ncnc2c1c(-c1ccc(Oc3ccccc3F)cc1)nn2CC1CCCN1. The maximum absolute atomic E-state index is 13.8. The van der Waals surface area contributed by atoms with Gasteiger partial charge in [-0.05, 0) is 55.8 Å². The van der Waals surface area contributed by atoms with E-state index in [1.54, 1.807) is 30.3 Å². The Morgan fingerprint density at radius 1 is 1.13 bits per heavy atom. The topological polar surface area (TPSA) is 90.9 Å². The molecule has 0 aliphatic carbocycles. The number of hydrogen-bond acceptors (Lipinski definition) is 6. The Labute approximate surface area is 172 Å². The summed E-state index contributed by atoms with van der Waals surface area (Å²) in [6, 6.07) is 14.0. The zero-order valence-electron chi connectivity index (χ0n) is 16.3. The quantitative estimate of drug-likeness (QED) is 0.526. The normalized spacial score (nSPS) is 16.2. The summed E-state index contributed by atoms with van der Waals surface area (Å²) >= 11 is 0. The molecule has 3 N–H and O–H groups in total. The molecule has 0 spiro atoms. The average Bonchev–Trinajstić information content (AvgIpc) is 3.40. The number of fused-ring (bicyclic) bond motifs is 1. The second-order valence-electron chi connectivity index (χ2n) is 7.34.